The van der Waals surface area contributed by atoms with Crippen LogP contribution in [0.25, 0.3) is 0 Å². The number of hydrogen-bond acceptors (Lipinski definition) is 5. The quantitative estimate of drug-likeness (QED) is 0.676. The zero-order valence-electron chi connectivity index (χ0n) is 7.63. The molecular formula is C8H10ClNO4S. The van der Waals surface area contributed by atoms with Crippen LogP contribution >= 0.6 is 22.9 Å². The fourth-order valence-corrected chi connectivity index (χ4v) is 2.11. The van der Waals surface area contributed by atoms with Crippen LogP contribution in [0.15, 0.2) is 5.51 Å². The lowest BCUT2D eigenvalue weighted by Gasteiger charge is -2.15. The van der Waals surface area contributed by atoms with E-state index in [1.54, 1.807) is 0 Å². The molecule has 3 N–H and O–H groups in total. The molecular weight excluding hydrogens is 242 g/mol. The Morgan fingerprint density at radius 2 is 2.27 bits per heavy atom. The molecule has 1 rings (SSSR count). The molecule has 0 amide bonds. The van der Waals surface area contributed by atoms with Gasteiger partial charge in [0.2, 0.25) is 0 Å². The van der Waals surface area contributed by atoms with E-state index in [-0.39, 0.29) is 22.9 Å². The van der Waals surface area contributed by atoms with Gasteiger partial charge >= 0.3 is 5.97 Å². The van der Waals surface area contributed by atoms with Crippen LogP contribution < -0.4 is 0 Å². The van der Waals surface area contributed by atoms with E-state index in [0.29, 0.717) is 0 Å². The van der Waals surface area contributed by atoms with Gasteiger partial charge in [-0.3, -0.25) is 0 Å². The maximum absolute atomic E-state index is 10.7. The van der Waals surface area contributed by atoms with Crippen molar-refractivity contribution in [3.63, 3.8) is 0 Å². The molecule has 15 heavy (non-hydrogen) atoms. The summed E-state index contributed by atoms with van der Waals surface area (Å²) < 4.78 is 0. The third-order valence-corrected chi connectivity index (χ3v) is 2.95. The van der Waals surface area contributed by atoms with Crippen LogP contribution in [0.5, 0.6) is 0 Å². The minimum Gasteiger partial charge on any atom is -0.476 e. The first kappa shape index (κ1) is 12.4. The van der Waals surface area contributed by atoms with E-state index >= 15 is 0 Å². The van der Waals surface area contributed by atoms with Gasteiger partial charge in [-0.25, -0.2) is 9.78 Å². The van der Waals surface area contributed by atoms with Crippen molar-refractivity contribution >= 4 is 28.9 Å². The molecule has 7 heteroatoms. The maximum Gasteiger partial charge on any atom is 0.355 e. The number of carbonyl (C=O) groups is 1. The number of aromatic carboxylic acids is 1. The molecule has 0 saturated carbocycles. The number of aromatic nitrogens is 1. The van der Waals surface area contributed by atoms with Crippen molar-refractivity contribution in [3.05, 3.63) is 16.1 Å². The van der Waals surface area contributed by atoms with Crippen LogP contribution in [0.2, 0.25) is 0 Å². The summed E-state index contributed by atoms with van der Waals surface area (Å²) in [5, 5.41) is 27.8. The molecule has 0 saturated heterocycles. The molecule has 0 radical (unpaired) electrons. The minimum atomic E-state index is -1.25. The maximum atomic E-state index is 10.7. The summed E-state index contributed by atoms with van der Waals surface area (Å²) in [6.07, 6.45) is -2.12. The number of aliphatic hydroxyl groups is 2. The first-order valence-electron chi connectivity index (χ1n) is 4.16. The molecule has 0 fully saturated rings. The average molecular weight is 252 g/mol. The Labute approximate surface area is 95.0 Å². The summed E-state index contributed by atoms with van der Waals surface area (Å²) in [7, 11) is 0. The van der Waals surface area contributed by atoms with Crippen molar-refractivity contribution in [2.24, 2.45) is 0 Å². The zero-order valence-corrected chi connectivity index (χ0v) is 9.20. The van der Waals surface area contributed by atoms with E-state index in [4.69, 9.17) is 16.7 Å². The van der Waals surface area contributed by atoms with E-state index in [1.807, 2.05) is 0 Å². The molecule has 0 aliphatic rings. The first-order valence-corrected chi connectivity index (χ1v) is 5.58. The second-order valence-corrected chi connectivity index (χ2v) is 4.12. The number of hydrogen-bond donors (Lipinski definition) is 3. The lowest BCUT2D eigenvalue weighted by atomic mass is 10.1. The SMILES string of the molecule is O=C(O)c1ncsc1C(O)C(O)CCCl. The third kappa shape index (κ3) is 2.88. The Morgan fingerprint density at radius 3 is 2.80 bits per heavy atom. The molecule has 84 valence electrons. The number of rotatable bonds is 5. The molecule has 5 nitrogen and oxygen atoms in total. The first-order chi connectivity index (χ1) is 7.07. The highest BCUT2D eigenvalue weighted by atomic mass is 35.5. The predicted molar refractivity (Wildman–Crippen MR) is 55.4 cm³/mol. The molecule has 0 aliphatic carbocycles. The molecule has 0 bridgehead atoms. The smallest absolute Gasteiger partial charge is 0.355 e. The predicted octanol–water partition coefficient (Wildman–Crippen LogP) is 0.864. The van der Waals surface area contributed by atoms with Crippen molar-refractivity contribution in [1.29, 1.82) is 0 Å². The van der Waals surface area contributed by atoms with Crippen LogP contribution in [0.3, 0.4) is 0 Å². The minimum absolute atomic E-state index is 0.153. The number of carboxylic acid groups (broad SMARTS) is 1. The Bertz CT molecular complexity index is 343. The van der Waals surface area contributed by atoms with Gasteiger partial charge in [0.05, 0.1) is 16.5 Å². The topological polar surface area (TPSA) is 90.7 Å². The molecule has 2 atom stereocenters. The highest BCUT2D eigenvalue weighted by molar-refractivity contribution is 7.10. The summed E-state index contributed by atoms with van der Waals surface area (Å²) in [5.74, 6) is -1.03. The lowest BCUT2D eigenvalue weighted by molar-refractivity contribution is 0.0180. The normalized spacial score (nSPS) is 14.9. The van der Waals surface area contributed by atoms with Crippen LogP contribution in [0, 0.1) is 0 Å². The fraction of sp³-hybridized carbons (Fsp3) is 0.500. The highest BCUT2D eigenvalue weighted by Gasteiger charge is 2.25. The van der Waals surface area contributed by atoms with Crippen molar-refractivity contribution in [2.45, 2.75) is 18.6 Å². The largest absolute Gasteiger partial charge is 0.476 e. The van der Waals surface area contributed by atoms with Gasteiger partial charge in [-0.1, -0.05) is 0 Å². The van der Waals surface area contributed by atoms with E-state index in [0.717, 1.165) is 11.3 Å². The summed E-state index contributed by atoms with van der Waals surface area (Å²) in [4.78, 5) is 14.4. The van der Waals surface area contributed by atoms with Gasteiger partial charge in [-0.05, 0) is 6.42 Å². The van der Waals surface area contributed by atoms with E-state index < -0.39 is 18.2 Å². The van der Waals surface area contributed by atoms with Gasteiger partial charge < -0.3 is 15.3 Å². The average Bonchev–Trinajstić information content (AvgIpc) is 2.65. The Morgan fingerprint density at radius 1 is 1.60 bits per heavy atom. The second-order valence-electron chi connectivity index (χ2n) is 2.86. The number of halogens is 1. The van der Waals surface area contributed by atoms with Gasteiger partial charge in [0.15, 0.2) is 5.69 Å². The van der Waals surface area contributed by atoms with Crippen LogP contribution in [0.1, 0.15) is 27.9 Å². The third-order valence-electron chi connectivity index (χ3n) is 1.84. The summed E-state index contributed by atoms with van der Waals surface area (Å²) >= 11 is 6.40. The second kappa shape index (κ2) is 5.41. The lowest BCUT2D eigenvalue weighted by Crippen LogP contribution is -2.19. The zero-order chi connectivity index (χ0) is 11.4. The van der Waals surface area contributed by atoms with E-state index in [1.165, 1.54) is 5.51 Å². The van der Waals surface area contributed by atoms with Crippen molar-refractivity contribution in [2.75, 3.05) is 5.88 Å². The van der Waals surface area contributed by atoms with Gasteiger partial charge in [-0.15, -0.1) is 22.9 Å². The van der Waals surface area contributed by atoms with Crippen LogP contribution in [-0.2, 0) is 0 Å². The molecule has 0 aromatic carbocycles. The highest BCUT2D eigenvalue weighted by Crippen LogP contribution is 2.26. The Hall–Kier alpha value is -0.690. The van der Waals surface area contributed by atoms with Crippen LogP contribution in [0.4, 0.5) is 0 Å². The summed E-state index contributed by atoms with van der Waals surface area (Å²) in [6, 6.07) is 0. The monoisotopic (exact) mass is 251 g/mol. The van der Waals surface area contributed by atoms with Crippen molar-refractivity contribution in [1.82, 2.24) is 4.98 Å². The Balaban J connectivity index is 2.85. The standard InChI is InChI=1S/C8H10ClNO4S/c9-2-1-4(11)6(12)7-5(8(13)14)10-3-15-7/h3-4,6,11-12H,1-2H2,(H,13,14). The molecule has 1 heterocycles. The number of aliphatic hydroxyl groups excluding tert-OH is 2. The molecule has 2 unspecified atom stereocenters. The fourth-order valence-electron chi connectivity index (χ4n) is 1.07. The number of carboxylic acids is 1. The van der Waals surface area contributed by atoms with Gasteiger partial charge in [0.25, 0.3) is 0 Å². The molecule has 0 spiro atoms. The number of nitrogens with zero attached hydrogens (tertiary/aromatic N) is 1. The van der Waals surface area contributed by atoms with Crippen molar-refractivity contribution < 1.29 is 20.1 Å². The van der Waals surface area contributed by atoms with Crippen molar-refractivity contribution in [3.8, 4) is 0 Å². The van der Waals surface area contributed by atoms with E-state index in [2.05, 4.69) is 4.98 Å². The van der Waals surface area contributed by atoms with Crippen LogP contribution in [-0.4, -0.2) is 38.3 Å². The summed E-state index contributed by atoms with van der Waals surface area (Å²) in [5.41, 5.74) is 1.09. The molecule has 1 aromatic heterocycles. The van der Waals surface area contributed by atoms with Gasteiger partial charge in [0, 0.05) is 5.88 Å². The van der Waals surface area contributed by atoms with Gasteiger partial charge in [0.1, 0.15) is 6.10 Å². The van der Waals surface area contributed by atoms with E-state index in [9.17, 15) is 15.0 Å². The number of alkyl halides is 1. The Kier molecular flexibility index (Phi) is 4.46. The van der Waals surface area contributed by atoms with Gasteiger partial charge in [-0.2, -0.15) is 0 Å². The molecule has 0 aliphatic heterocycles. The summed E-state index contributed by atoms with van der Waals surface area (Å²) in [6.45, 7) is 0. The number of thiazole rings is 1. The molecule has 1 aromatic rings.